The van der Waals surface area contributed by atoms with Gasteiger partial charge in [-0.25, -0.2) is 0 Å². The molecule has 92 valence electrons. The van der Waals surface area contributed by atoms with E-state index in [4.69, 9.17) is 5.26 Å². The van der Waals surface area contributed by atoms with Crippen molar-refractivity contribution in [3.63, 3.8) is 0 Å². The Kier molecular flexibility index (Phi) is 5.49. The minimum absolute atomic E-state index is 0.0768. The van der Waals surface area contributed by atoms with E-state index < -0.39 is 0 Å². The van der Waals surface area contributed by atoms with Crippen molar-refractivity contribution in [1.82, 2.24) is 15.0 Å². The lowest BCUT2D eigenvalue weighted by Gasteiger charge is -2.08. The molecule has 1 atom stereocenters. The molecule has 1 unspecified atom stereocenters. The van der Waals surface area contributed by atoms with E-state index in [9.17, 15) is 0 Å². The maximum Gasteiger partial charge on any atom is 0.228 e. The van der Waals surface area contributed by atoms with Gasteiger partial charge in [0.15, 0.2) is 5.16 Å². The largest absolute Gasteiger partial charge is 0.354 e. The molecule has 0 fully saturated rings. The molecule has 0 radical (unpaired) electrons. The van der Waals surface area contributed by atoms with E-state index in [1.807, 2.05) is 20.1 Å². The second-order valence-electron chi connectivity index (χ2n) is 3.41. The molecule has 0 aliphatic heterocycles. The van der Waals surface area contributed by atoms with Crippen LogP contribution in [0.15, 0.2) is 5.16 Å². The lowest BCUT2D eigenvalue weighted by atomic mass is 10.2. The minimum Gasteiger partial charge on any atom is -0.354 e. The van der Waals surface area contributed by atoms with Crippen LogP contribution in [0.4, 0.5) is 11.9 Å². The average Bonchev–Trinajstić information content (AvgIpc) is 2.36. The Morgan fingerprint density at radius 2 is 1.94 bits per heavy atom. The van der Waals surface area contributed by atoms with E-state index in [-0.39, 0.29) is 5.92 Å². The van der Waals surface area contributed by atoms with Crippen molar-refractivity contribution in [3.05, 3.63) is 0 Å². The molecule has 0 aliphatic rings. The summed E-state index contributed by atoms with van der Waals surface area (Å²) in [7, 11) is 0. The van der Waals surface area contributed by atoms with Gasteiger partial charge in [0.25, 0.3) is 0 Å². The van der Waals surface area contributed by atoms with Crippen LogP contribution in [0.1, 0.15) is 13.8 Å². The zero-order chi connectivity index (χ0) is 12.7. The van der Waals surface area contributed by atoms with Crippen LogP contribution < -0.4 is 10.6 Å². The van der Waals surface area contributed by atoms with Gasteiger partial charge in [-0.2, -0.15) is 20.2 Å². The third-order valence-corrected chi connectivity index (χ3v) is 2.47. The summed E-state index contributed by atoms with van der Waals surface area (Å²) >= 11 is 1.46. The highest BCUT2D eigenvalue weighted by Crippen LogP contribution is 2.13. The predicted octanol–water partition coefficient (Wildman–Crippen LogP) is 1.60. The minimum atomic E-state index is -0.0768. The van der Waals surface area contributed by atoms with Gasteiger partial charge in [0.1, 0.15) is 0 Å². The Morgan fingerprint density at radius 1 is 1.29 bits per heavy atom. The molecule has 17 heavy (non-hydrogen) atoms. The molecule has 0 aromatic carbocycles. The Balaban J connectivity index is 2.76. The Hall–Kier alpha value is -1.55. The van der Waals surface area contributed by atoms with Crippen molar-refractivity contribution < 1.29 is 0 Å². The van der Waals surface area contributed by atoms with Gasteiger partial charge < -0.3 is 10.6 Å². The highest BCUT2D eigenvalue weighted by molar-refractivity contribution is 7.98. The molecule has 0 spiro atoms. The van der Waals surface area contributed by atoms with Crippen molar-refractivity contribution in [3.8, 4) is 6.07 Å². The number of nitrogens with zero attached hydrogens (tertiary/aromatic N) is 4. The zero-order valence-electron chi connectivity index (χ0n) is 10.2. The lowest BCUT2D eigenvalue weighted by molar-refractivity contribution is 0.770. The van der Waals surface area contributed by atoms with Gasteiger partial charge in [0.05, 0.1) is 12.0 Å². The quantitative estimate of drug-likeness (QED) is 0.743. The number of nitriles is 1. The number of anilines is 2. The fourth-order valence-electron chi connectivity index (χ4n) is 1.05. The maximum absolute atomic E-state index is 8.69. The average molecular weight is 252 g/mol. The highest BCUT2D eigenvalue weighted by atomic mass is 32.2. The lowest BCUT2D eigenvalue weighted by Crippen LogP contribution is -2.14. The molecule has 1 rings (SSSR count). The number of hydrogen-bond acceptors (Lipinski definition) is 7. The van der Waals surface area contributed by atoms with Gasteiger partial charge in [0.2, 0.25) is 11.9 Å². The molecule has 6 nitrogen and oxygen atoms in total. The number of hydrogen-bond donors (Lipinski definition) is 2. The summed E-state index contributed by atoms with van der Waals surface area (Å²) in [5.74, 6) is 0.980. The Morgan fingerprint density at radius 3 is 2.47 bits per heavy atom. The molecule has 1 heterocycles. The van der Waals surface area contributed by atoms with Gasteiger partial charge in [-0.15, -0.1) is 0 Å². The standard InChI is InChI=1S/C10H16N6S/c1-4-12-8-14-9(13-6-7(2)5-11)16-10(15-8)17-3/h7H,4,6H2,1-3H3,(H2,12,13,14,15,16). The summed E-state index contributed by atoms with van der Waals surface area (Å²) in [6.07, 6.45) is 1.91. The van der Waals surface area contributed by atoms with Crippen LogP contribution in [0, 0.1) is 17.2 Å². The summed E-state index contributed by atoms with van der Waals surface area (Å²) in [5.41, 5.74) is 0. The van der Waals surface area contributed by atoms with E-state index in [1.165, 1.54) is 11.8 Å². The van der Waals surface area contributed by atoms with Crippen molar-refractivity contribution in [2.24, 2.45) is 5.92 Å². The summed E-state index contributed by atoms with van der Waals surface area (Å²) in [5, 5.41) is 15.4. The summed E-state index contributed by atoms with van der Waals surface area (Å²) in [4.78, 5) is 12.6. The van der Waals surface area contributed by atoms with Crippen LogP contribution in [0.2, 0.25) is 0 Å². The van der Waals surface area contributed by atoms with Crippen LogP contribution in [-0.2, 0) is 0 Å². The van der Waals surface area contributed by atoms with E-state index in [0.29, 0.717) is 23.6 Å². The Labute approximate surface area is 105 Å². The summed E-state index contributed by atoms with van der Waals surface area (Å²) in [6.45, 7) is 5.11. The van der Waals surface area contributed by atoms with Crippen molar-refractivity contribution in [1.29, 1.82) is 5.26 Å². The second kappa shape index (κ2) is 6.91. The fraction of sp³-hybridized carbons (Fsp3) is 0.600. The summed E-state index contributed by atoms with van der Waals surface area (Å²) in [6, 6.07) is 2.15. The maximum atomic E-state index is 8.69. The number of nitrogens with one attached hydrogen (secondary N) is 2. The van der Waals surface area contributed by atoms with Gasteiger partial charge >= 0.3 is 0 Å². The number of rotatable bonds is 6. The number of aromatic nitrogens is 3. The first-order chi connectivity index (χ1) is 8.19. The molecular formula is C10H16N6S. The third kappa shape index (κ3) is 4.44. The molecular weight excluding hydrogens is 236 g/mol. The van der Waals surface area contributed by atoms with E-state index >= 15 is 0 Å². The smallest absolute Gasteiger partial charge is 0.228 e. The first kappa shape index (κ1) is 13.5. The van der Waals surface area contributed by atoms with Crippen molar-refractivity contribution in [2.75, 3.05) is 30.0 Å². The first-order valence-corrected chi connectivity index (χ1v) is 6.59. The molecule has 1 aromatic rings. The molecule has 7 heteroatoms. The van der Waals surface area contributed by atoms with E-state index in [0.717, 1.165) is 6.54 Å². The van der Waals surface area contributed by atoms with Crippen molar-refractivity contribution in [2.45, 2.75) is 19.0 Å². The molecule has 0 amide bonds. The second-order valence-corrected chi connectivity index (χ2v) is 4.18. The highest BCUT2D eigenvalue weighted by Gasteiger charge is 2.06. The van der Waals surface area contributed by atoms with Gasteiger partial charge in [0, 0.05) is 13.1 Å². The molecule has 2 N–H and O–H groups in total. The normalized spacial score (nSPS) is 11.6. The van der Waals surface area contributed by atoms with E-state index in [2.05, 4.69) is 31.7 Å². The first-order valence-electron chi connectivity index (χ1n) is 5.37. The van der Waals surface area contributed by atoms with Crippen LogP contribution in [0.3, 0.4) is 0 Å². The molecule has 1 aromatic heterocycles. The SMILES string of the molecule is CCNc1nc(NCC(C)C#N)nc(SC)n1. The van der Waals surface area contributed by atoms with Gasteiger partial charge in [-0.3, -0.25) is 0 Å². The van der Waals surface area contributed by atoms with E-state index in [1.54, 1.807) is 0 Å². The Bertz CT molecular complexity index is 402. The topological polar surface area (TPSA) is 86.5 Å². The third-order valence-electron chi connectivity index (χ3n) is 1.92. The number of thioether (sulfide) groups is 1. The van der Waals surface area contributed by atoms with Gasteiger partial charge in [-0.1, -0.05) is 11.8 Å². The molecule has 0 bridgehead atoms. The van der Waals surface area contributed by atoms with Crippen LogP contribution in [0.5, 0.6) is 0 Å². The molecule has 0 aliphatic carbocycles. The van der Waals surface area contributed by atoms with Crippen LogP contribution in [0.25, 0.3) is 0 Å². The van der Waals surface area contributed by atoms with Crippen LogP contribution >= 0.6 is 11.8 Å². The molecule has 0 saturated heterocycles. The molecule has 0 saturated carbocycles. The summed E-state index contributed by atoms with van der Waals surface area (Å²) < 4.78 is 0. The van der Waals surface area contributed by atoms with Crippen molar-refractivity contribution >= 4 is 23.7 Å². The van der Waals surface area contributed by atoms with Crippen LogP contribution in [-0.4, -0.2) is 34.3 Å². The zero-order valence-corrected chi connectivity index (χ0v) is 11.0. The monoisotopic (exact) mass is 252 g/mol. The predicted molar refractivity (Wildman–Crippen MR) is 69.0 cm³/mol. The van der Waals surface area contributed by atoms with Gasteiger partial charge in [-0.05, 0) is 20.1 Å². The fourth-order valence-corrected chi connectivity index (χ4v) is 1.41.